The van der Waals surface area contributed by atoms with Crippen LogP contribution in [0.15, 0.2) is 47.4 Å². The molecule has 1 aromatic heterocycles. The second-order valence-electron chi connectivity index (χ2n) is 5.31. The molecule has 7 heteroatoms. The van der Waals surface area contributed by atoms with Crippen molar-refractivity contribution in [2.45, 2.75) is 18.4 Å². The molecule has 0 spiro atoms. The van der Waals surface area contributed by atoms with Crippen molar-refractivity contribution in [2.24, 2.45) is 5.14 Å². The van der Waals surface area contributed by atoms with E-state index in [1.165, 1.54) is 24.3 Å². The van der Waals surface area contributed by atoms with E-state index in [1.54, 1.807) is 18.2 Å². The molecule has 2 N–H and O–H groups in total. The van der Waals surface area contributed by atoms with Crippen LogP contribution in [0.2, 0.25) is 0 Å². The van der Waals surface area contributed by atoms with Gasteiger partial charge in [-0.05, 0) is 42.8 Å². The molecule has 0 amide bonds. The van der Waals surface area contributed by atoms with E-state index < -0.39 is 15.8 Å². The van der Waals surface area contributed by atoms with Gasteiger partial charge in [0.2, 0.25) is 10.0 Å². The third kappa shape index (κ3) is 2.56. The molecule has 0 saturated carbocycles. The highest BCUT2D eigenvalue weighted by atomic mass is 32.2. The van der Waals surface area contributed by atoms with Crippen LogP contribution >= 0.6 is 0 Å². The lowest BCUT2D eigenvalue weighted by Gasteiger charge is -2.09. The number of nitrogens with zero attached hydrogens (tertiary/aromatic N) is 2. The lowest BCUT2D eigenvalue weighted by atomic mass is 10.1. The van der Waals surface area contributed by atoms with Crippen LogP contribution in [-0.4, -0.2) is 13.0 Å². The number of aryl methyl sites for hydroxylation is 1. The van der Waals surface area contributed by atoms with Gasteiger partial charge in [0.15, 0.2) is 0 Å². The number of aromatic nitrogens is 1. The molecule has 0 radical (unpaired) electrons. The van der Waals surface area contributed by atoms with Crippen LogP contribution in [-0.2, 0) is 16.6 Å². The van der Waals surface area contributed by atoms with E-state index in [0.29, 0.717) is 28.8 Å². The van der Waals surface area contributed by atoms with Crippen LogP contribution in [0.3, 0.4) is 0 Å². The fourth-order valence-corrected chi connectivity index (χ4v) is 3.39. The van der Waals surface area contributed by atoms with E-state index >= 15 is 0 Å². The van der Waals surface area contributed by atoms with E-state index in [-0.39, 0.29) is 4.90 Å². The normalized spacial score (nSPS) is 11.6. The smallest absolute Gasteiger partial charge is 0.238 e. The van der Waals surface area contributed by atoms with Crippen LogP contribution in [0.5, 0.6) is 0 Å². The van der Waals surface area contributed by atoms with Crippen LogP contribution in [0, 0.1) is 17.1 Å². The lowest BCUT2D eigenvalue weighted by Crippen LogP contribution is -2.11. The van der Waals surface area contributed by atoms with Crippen molar-refractivity contribution in [1.29, 1.82) is 5.26 Å². The first-order chi connectivity index (χ1) is 11.4. The van der Waals surface area contributed by atoms with Crippen molar-refractivity contribution in [3.8, 4) is 17.3 Å². The molecular weight excluding hydrogens is 329 g/mol. The Labute approximate surface area is 138 Å². The van der Waals surface area contributed by atoms with Gasteiger partial charge < -0.3 is 4.57 Å². The van der Waals surface area contributed by atoms with Crippen molar-refractivity contribution in [3.05, 3.63) is 53.8 Å². The fraction of sp³-hybridized carbons (Fsp3) is 0.118. The monoisotopic (exact) mass is 343 g/mol. The molecule has 24 heavy (non-hydrogen) atoms. The number of benzene rings is 2. The Hall–Kier alpha value is -2.69. The number of hydrogen-bond donors (Lipinski definition) is 1. The number of hydrogen-bond acceptors (Lipinski definition) is 3. The zero-order valence-electron chi connectivity index (χ0n) is 12.8. The van der Waals surface area contributed by atoms with Gasteiger partial charge in [0.05, 0.1) is 21.7 Å². The largest absolute Gasteiger partial charge is 0.340 e. The lowest BCUT2D eigenvalue weighted by molar-refractivity contribution is 0.598. The number of nitrogens with two attached hydrogens (primary N) is 1. The topological polar surface area (TPSA) is 88.9 Å². The maximum Gasteiger partial charge on any atom is 0.238 e. The Morgan fingerprint density at radius 1 is 1.21 bits per heavy atom. The molecule has 0 fully saturated rings. The van der Waals surface area contributed by atoms with Crippen LogP contribution in [0.1, 0.15) is 12.5 Å². The molecule has 0 aliphatic heterocycles. The third-order valence-corrected chi connectivity index (χ3v) is 4.84. The zero-order valence-corrected chi connectivity index (χ0v) is 13.6. The van der Waals surface area contributed by atoms with Crippen molar-refractivity contribution in [3.63, 3.8) is 0 Å². The Kier molecular flexibility index (Phi) is 3.87. The van der Waals surface area contributed by atoms with Gasteiger partial charge in [0, 0.05) is 11.9 Å². The van der Waals surface area contributed by atoms with Gasteiger partial charge in [-0.3, -0.25) is 0 Å². The van der Waals surface area contributed by atoms with Gasteiger partial charge in [-0.25, -0.2) is 17.9 Å². The summed E-state index contributed by atoms with van der Waals surface area (Å²) in [6, 6.07) is 12.4. The Balaban J connectivity index is 2.31. The van der Waals surface area contributed by atoms with E-state index in [0.717, 1.165) is 5.52 Å². The molecule has 3 aromatic rings. The highest BCUT2D eigenvalue weighted by Crippen LogP contribution is 2.34. The molecule has 3 rings (SSSR count). The minimum absolute atomic E-state index is 0.00467. The van der Waals surface area contributed by atoms with E-state index in [2.05, 4.69) is 6.07 Å². The van der Waals surface area contributed by atoms with Gasteiger partial charge in [0.25, 0.3) is 0 Å². The Morgan fingerprint density at radius 2 is 1.88 bits per heavy atom. The highest BCUT2D eigenvalue weighted by Gasteiger charge is 2.19. The summed E-state index contributed by atoms with van der Waals surface area (Å²) in [5.41, 5.74) is 2.40. The van der Waals surface area contributed by atoms with Gasteiger partial charge >= 0.3 is 0 Å². The number of primary sulfonamides is 1. The number of rotatable bonds is 3. The molecule has 0 aliphatic rings. The number of fused-ring (bicyclic) bond motifs is 1. The van der Waals surface area contributed by atoms with Gasteiger partial charge in [-0.1, -0.05) is 12.1 Å². The quantitative estimate of drug-likeness (QED) is 0.793. The summed E-state index contributed by atoms with van der Waals surface area (Å²) in [4.78, 5) is -0.00467. The molecule has 0 bridgehead atoms. The Morgan fingerprint density at radius 3 is 2.42 bits per heavy atom. The maximum absolute atomic E-state index is 13.6. The van der Waals surface area contributed by atoms with Gasteiger partial charge in [-0.2, -0.15) is 5.26 Å². The van der Waals surface area contributed by atoms with Crippen molar-refractivity contribution in [1.82, 2.24) is 4.57 Å². The van der Waals surface area contributed by atoms with E-state index in [1.807, 2.05) is 11.5 Å². The summed E-state index contributed by atoms with van der Waals surface area (Å²) in [5.74, 6) is -0.414. The molecule has 0 aliphatic carbocycles. The summed E-state index contributed by atoms with van der Waals surface area (Å²) >= 11 is 0. The first-order valence-corrected chi connectivity index (χ1v) is 8.76. The number of halogens is 1. The average Bonchev–Trinajstić information content (AvgIpc) is 2.86. The number of nitriles is 1. The van der Waals surface area contributed by atoms with E-state index in [4.69, 9.17) is 5.14 Å². The summed E-state index contributed by atoms with van der Waals surface area (Å²) in [6.07, 6.45) is 0. The van der Waals surface area contributed by atoms with Gasteiger partial charge in [-0.15, -0.1) is 0 Å². The Bertz CT molecular complexity index is 1080. The molecule has 1 heterocycles. The van der Waals surface area contributed by atoms with Gasteiger partial charge in [0.1, 0.15) is 11.9 Å². The molecule has 0 atom stereocenters. The molecule has 122 valence electrons. The highest BCUT2D eigenvalue weighted by molar-refractivity contribution is 7.89. The summed E-state index contributed by atoms with van der Waals surface area (Å²) in [5, 5.41) is 15.2. The van der Waals surface area contributed by atoms with Crippen LogP contribution in [0.25, 0.3) is 22.2 Å². The molecule has 0 saturated heterocycles. The van der Waals surface area contributed by atoms with Crippen LogP contribution < -0.4 is 5.14 Å². The molecule has 2 aromatic carbocycles. The number of sulfonamides is 1. The second kappa shape index (κ2) is 5.74. The zero-order chi connectivity index (χ0) is 17.5. The maximum atomic E-state index is 13.6. The minimum atomic E-state index is -3.78. The fourth-order valence-electron chi connectivity index (χ4n) is 2.87. The van der Waals surface area contributed by atoms with Crippen molar-refractivity contribution in [2.75, 3.05) is 0 Å². The van der Waals surface area contributed by atoms with Crippen molar-refractivity contribution >= 4 is 20.9 Å². The molecular formula is C17H14FN3O2S. The third-order valence-electron chi connectivity index (χ3n) is 3.91. The molecule has 0 unspecified atom stereocenters. The SMILES string of the molecule is CCn1c(-c2ccc(S(N)(=O)=O)cc2)c(C#N)c2cc(F)ccc21. The summed E-state index contributed by atoms with van der Waals surface area (Å²) in [6.45, 7) is 2.50. The van der Waals surface area contributed by atoms with Crippen LogP contribution in [0.4, 0.5) is 4.39 Å². The predicted molar refractivity (Wildman–Crippen MR) is 89.1 cm³/mol. The summed E-state index contributed by atoms with van der Waals surface area (Å²) < 4.78 is 38.3. The van der Waals surface area contributed by atoms with Crippen molar-refractivity contribution < 1.29 is 12.8 Å². The second-order valence-corrected chi connectivity index (χ2v) is 6.87. The van der Waals surface area contributed by atoms with E-state index in [9.17, 15) is 18.1 Å². The first kappa shape index (κ1) is 16.2. The first-order valence-electron chi connectivity index (χ1n) is 7.22. The molecule has 5 nitrogen and oxygen atoms in total. The standard InChI is InChI=1S/C17H14FN3O2S/c1-2-21-16-8-5-12(18)9-14(16)15(10-19)17(21)11-3-6-13(7-4-11)24(20,22)23/h3-9H,2H2,1H3,(H2,20,22,23). The predicted octanol–water partition coefficient (Wildman–Crippen LogP) is 2.99. The average molecular weight is 343 g/mol. The minimum Gasteiger partial charge on any atom is -0.340 e. The summed E-state index contributed by atoms with van der Waals surface area (Å²) in [7, 11) is -3.78.